The van der Waals surface area contributed by atoms with E-state index < -0.39 is 15.4 Å². The standard InChI is InChI=1S/C18H19FN4O2S2/c1-12-20-10-15(26-12)9-16-21-17(13-3-5-14(19)6-4-13)22-23(16)18(2)7-8-27(24,25)11-18/h3-6,10H,7-9,11H2,1-2H3. The van der Waals surface area contributed by atoms with Crippen LogP contribution in [-0.4, -0.2) is 39.7 Å². The molecular weight excluding hydrogens is 387 g/mol. The maximum atomic E-state index is 13.3. The summed E-state index contributed by atoms with van der Waals surface area (Å²) in [6.07, 6.45) is 2.83. The minimum atomic E-state index is -3.10. The Morgan fingerprint density at radius 2 is 2.04 bits per heavy atom. The molecule has 0 bridgehead atoms. The number of halogens is 1. The minimum Gasteiger partial charge on any atom is -0.250 e. The molecule has 1 atom stereocenters. The molecule has 1 aromatic carbocycles. The van der Waals surface area contributed by atoms with Gasteiger partial charge in [0.25, 0.3) is 0 Å². The van der Waals surface area contributed by atoms with Crippen LogP contribution in [0.1, 0.15) is 29.1 Å². The SMILES string of the molecule is Cc1ncc(Cc2nc(-c3ccc(F)cc3)nn2C2(C)CCS(=O)(=O)C2)s1. The molecule has 1 aliphatic heterocycles. The highest BCUT2D eigenvalue weighted by atomic mass is 32.2. The van der Waals surface area contributed by atoms with Crippen molar-refractivity contribution in [3.8, 4) is 11.4 Å². The van der Waals surface area contributed by atoms with Gasteiger partial charge in [0.2, 0.25) is 0 Å². The van der Waals surface area contributed by atoms with Gasteiger partial charge in [-0.15, -0.1) is 11.3 Å². The monoisotopic (exact) mass is 406 g/mol. The van der Waals surface area contributed by atoms with Crippen molar-refractivity contribution < 1.29 is 12.8 Å². The zero-order valence-electron chi connectivity index (χ0n) is 15.0. The fourth-order valence-corrected chi connectivity index (χ4v) is 6.32. The average molecular weight is 407 g/mol. The molecule has 27 heavy (non-hydrogen) atoms. The highest BCUT2D eigenvalue weighted by Crippen LogP contribution is 2.33. The van der Waals surface area contributed by atoms with E-state index in [-0.39, 0.29) is 17.3 Å². The first kappa shape index (κ1) is 18.2. The van der Waals surface area contributed by atoms with Crippen LogP contribution < -0.4 is 0 Å². The van der Waals surface area contributed by atoms with Crippen molar-refractivity contribution in [1.29, 1.82) is 0 Å². The fourth-order valence-electron chi connectivity index (χ4n) is 3.42. The number of hydrogen-bond donors (Lipinski definition) is 0. The van der Waals surface area contributed by atoms with Crippen LogP contribution in [0.25, 0.3) is 11.4 Å². The molecule has 1 aliphatic rings. The molecule has 6 nitrogen and oxygen atoms in total. The van der Waals surface area contributed by atoms with Gasteiger partial charge in [0, 0.05) is 23.1 Å². The summed E-state index contributed by atoms with van der Waals surface area (Å²) in [6, 6.07) is 5.99. The predicted molar refractivity (Wildman–Crippen MR) is 102 cm³/mol. The molecule has 0 aliphatic carbocycles. The van der Waals surface area contributed by atoms with Crippen molar-refractivity contribution in [2.24, 2.45) is 0 Å². The number of hydrogen-bond acceptors (Lipinski definition) is 6. The lowest BCUT2D eigenvalue weighted by Crippen LogP contribution is -2.34. The second-order valence-corrected chi connectivity index (χ2v) is 10.6. The van der Waals surface area contributed by atoms with Gasteiger partial charge in [-0.2, -0.15) is 5.10 Å². The number of aromatic nitrogens is 4. The van der Waals surface area contributed by atoms with Crippen molar-refractivity contribution in [3.63, 3.8) is 0 Å². The molecule has 1 unspecified atom stereocenters. The average Bonchev–Trinajstić information content (AvgIpc) is 3.27. The van der Waals surface area contributed by atoms with E-state index in [1.165, 1.54) is 12.1 Å². The van der Waals surface area contributed by atoms with Gasteiger partial charge in [-0.3, -0.25) is 0 Å². The molecule has 0 radical (unpaired) electrons. The lowest BCUT2D eigenvalue weighted by atomic mass is 10.0. The Labute approximate surface area is 161 Å². The van der Waals surface area contributed by atoms with E-state index in [4.69, 9.17) is 0 Å². The highest BCUT2D eigenvalue weighted by molar-refractivity contribution is 7.91. The van der Waals surface area contributed by atoms with Crippen molar-refractivity contribution in [2.75, 3.05) is 11.5 Å². The number of sulfone groups is 1. The van der Waals surface area contributed by atoms with Gasteiger partial charge in [0.1, 0.15) is 11.6 Å². The quantitative estimate of drug-likeness (QED) is 0.666. The number of benzene rings is 1. The summed E-state index contributed by atoms with van der Waals surface area (Å²) in [7, 11) is -3.10. The summed E-state index contributed by atoms with van der Waals surface area (Å²) in [4.78, 5) is 9.98. The molecule has 142 valence electrons. The van der Waals surface area contributed by atoms with Crippen LogP contribution in [-0.2, 0) is 21.8 Å². The lowest BCUT2D eigenvalue weighted by molar-refractivity contribution is 0.318. The van der Waals surface area contributed by atoms with Crippen molar-refractivity contribution in [1.82, 2.24) is 19.7 Å². The van der Waals surface area contributed by atoms with Gasteiger partial charge in [-0.25, -0.2) is 27.5 Å². The van der Waals surface area contributed by atoms with Crippen molar-refractivity contribution >= 4 is 21.2 Å². The van der Waals surface area contributed by atoms with Gasteiger partial charge >= 0.3 is 0 Å². The summed E-state index contributed by atoms with van der Waals surface area (Å²) < 4.78 is 39.2. The summed E-state index contributed by atoms with van der Waals surface area (Å²) in [5, 5.41) is 5.60. The third-order valence-corrected chi connectivity index (χ3v) is 7.57. The topological polar surface area (TPSA) is 77.7 Å². The third kappa shape index (κ3) is 3.66. The molecule has 1 fully saturated rings. The first-order valence-electron chi connectivity index (χ1n) is 8.58. The third-order valence-electron chi connectivity index (χ3n) is 4.77. The second-order valence-electron chi connectivity index (χ2n) is 7.13. The van der Waals surface area contributed by atoms with E-state index in [9.17, 15) is 12.8 Å². The van der Waals surface area contributed by atoms with Crippen LogP contribution in [0.3, 0.4) is 0 Å². The number of thiazole rings is 1. The molecule has 0 saturated carbocycles. The van der Waals surface area contributed by atoms with Crippen molar-refractivity contribution in [2.45, 2.75) is 32.2 Å². The lowest BCUT2D eigenvalue weighted by Gasteiger charge is -2.24. The van der Waals surface area contributed by atoms with E-state index >= 15 is 0 Å². The van der Waals surface area contributed by atoms with Gasteiger partial charge in [0.15, 0.2) is 15.7 Å². The zero-order chi connectivity index (χ0) is 19.2. The first-order chi connectivity index (χ1) is 12.7. The van der Waals surface area contributed by atoms with Gasteiger partial charge in [-0.1, -0.05) is 0 Å². The molecule has 4 rings (SSSR count). The molecule has 0 amide bonds. The predicted octanol–water partition coefficient (Wildman–Crippen LogP) is 2.97. The van der Waals surface area contributed by atoms with Crippen LogP contribution in [0, 0.1) is 12.7 Å². The van der Waals surface area contributed by atoms with E-state index in [1.54, 1.807) is 28.2 Å². The van der Waals surface area contributed by atoms with E-state index in [0.717, 1.165) is 9.88 Å². The molecule has 1 saturated heterocycles. The molecule has 9 heteroatoms. The van der Waals surface area contributed by atoms with Gasteiger partial charge in [-0.05, 0) is 44.5 Å². The Kier molecular flexibility index (Phi) is 4.38. The Balaban J connectivity index is 1.78. The van der Waals surface area contributed by atoms with Crippen LogP contribution >= 0.6 is 11.3 Å². The Bertz CT molecular complexity index is 1090. The Morgan fingerprint density at radius 1 is 1.30 bits per heavy atom. The van der Waals surface area contributed by atoms with Crippen LogP contribution in [0.2, 0.25) is 0 Å². The van der Waals surface area contributed by atoms with Gasteiger partial charge < -0.3 is 0 Å². The maximum absolute atomic E-state index is 13.3. The molecule has 3 heterocycles. The Morgan fingerprint density at radius 3 is 2.63 bits per heavy atom. The maximum Gasteiger partial charge on any atom is 0.181 e. The summed E-state index contributed by atoms with van der Waals surface area (Å²) >= 11 is 1.58. The van der Waals surface area contributed by atoms with Crippen LogP contribution in [0.15, 0.2) is 30.5 Å². The molecular formula is C18H19FN4O2S2. The zero-order valence-corrected chi connectivity index (χ0v) is 16.6. The summed E-state index contributed by atoms with van der Waals surface area (Å²) in [5.74, 6) is 1.02. The Hall–Kier alpha value is -2.13. The van der Waals surface area contributed by atoms with Crippen LogP contribution in [0.5, 0.6) is 0 Å². The molecule has 0 N–H and O–H groups in total. The molecule has 2 aromatic heterocycles. The summed E-state index contributed by atoms with van der Waals surface area (Å²) in [5.41, 5.74) is 0.0560. The largest absolute Gasteiger partial charge is 0.250 e. The number of aryl methyl sites for hydroxylation is 1. The fraction of sp³-hybridized carbons (Fsp3) is 0.389. The number of nitrogens with zero attached hydrogens (tertiary/aromatic N) is 4. The van der Waals surface area contributed by atoms with E-state index in [1.807, 2.05) is 20.0 Å². The molecule has 0 spiro atoms. The van der Waals surface area contributed by atoms with Gasteiger partial charge in [0.05, 0.1) is 22.1 Å². The normalized spacial score (nSPS) is 21.6. The minimum absolute atomic E-state index is 0.0426. The van der Waals surface area contributed by atoms with E-state index in [2.05, 4.69) is 15.1 Å². The smallest absolute Gasteiger partial charge is 0.181 e. The first-order valence-corrected chi connectivity index (χ1v) is 11.2. The molecule has 3 aromatic rings. The second kappa shape index (κ2) is 6.49. The number of rotatable bonds is 4. The van der Waals surface area contributed by atoms with Crippen LogP contribution in [0.4, 0.5) is 4.39 Å². The van der Waals surface area contributed by atoms with Crippen molar-refractivity contribution in [3.05, 3.63) is 52.0 Å². The highest BCUT2D eigenvalue weighted by Gasteiger charge is 2.42. The summed E-state index contributed by atoms with van der Waals surface area (Å²) in [6.45, 7) is 3.84. The van der Waals surface area contributed by atoms with E-state index in [0.29, 0.717) is 30.1 Å².